The summed E-state index contributed by atoms with van der Waals surface area (Å²) in [6.07, 6.45) is 0. The third-order valence-corrected chi connectivity index (χ3v) is 2.28. The second-order valence-electron chi connectivity index (χ2n) is 2.23. The lowest BCUT2D eigenvalue weighted by Crippen LogP contribution is -2.21. The quantitative estimate of drug-likeness (QED) is 0.600. The van der Waals surface area contributed by atoms with Crippen molar-refractivity contribution in [3.63, 3.8) is 0 Å². The predicted octanol–water partition coefficient (Wildman–Crippen LogP) is 2.61. The van der Waals surface area contributed by atoms with Crippen molar-refractivity contribution in [2.45, 2.75) is 6.54 Å². The maximum atomic E-state index is 5.85. The van der Waals surface area contributed by atoms with Crippen LogP contribution >= 0.6 is 34.8 Å². The summed E-state index contributed by atoms with van der Waals surface area (Å²) in [6.45, 7) is 0.425. The fraction of sp³-hybridized carbons (Fsp3) is 0.143. The van der Waals surface area contributed by atoms with Crippen LogP contribution in [-0.2, 0) is 6.54 Å². The molecule has 2 nitrogen and oxygen atoms in total. The van der Waals surface area contributed by atoms with Crippen LogP contribution in [0.25, 0.3) is 0 Å². The molecule has 0 bridgehead atoms. The molecule has 1 rings (SSSR count). The van der Waals surface area contributed by atoms with Gasteiger partial charge in [-0.15, -0.1) is 0 Å². The zero-order valence-corrected chi connectivity index (χ0v) is 8.34. The Bertz CT molecular complexity index is 265. The molecule has 5 heteroatoms. The molecular formula is C7H7Cl3N2. The van der Waals surface area contributed by atoms with E-state index in [9.17, 15) is 0 Å². The van der Waals surface area contributed by atoms with E-state index in [0.717, 1.165) is 5.56 Å². The normalized spacial score (nSPS) is 10.3. The molecule has 0 amide bonds. The SMILES string of the molecule is NNCc1c(Cl)cc(Cl)cc1Cl. The lowest BCUT2D eigenvalue weighted by atomic mass is 10.2. The largest absolute Gasteiger partial charge is 0.271 e. The number of benzene rings is 1. The first-order valence-electron chi connectivity index (χ1n) is 3.22. The molecule has 12 heavy (non-hydrogen) atoms. The summed E-state index contributed by atoms with van der Waals surface area (Å²) in [5, 5.41) is 1.56. The molecular weight excluding hydrogens is 218 g/mol. The lowest BCUT2D eigenvalue weighted by Gasteiger charge is -2.05. The first-order chi connectivity index (χ1) is 5.65. The van der Waals surface area contributed by atoms with E-state index in [-0.39, 0.29) is 0 Å². The van der Waals surface area contributed by atoms with Crippen LogP contribution < -0.4 is 11.3 Å². The zero-order chi connectivity index (χ0) is 9.14. The minimum Gasteiger partial charge on any atom is -0.271 e. The van der Waals surface area contributed by atoms with E-state index in [0.29, 0.717) is 21.6 Å². The molecule has 0 aliphatic heterocycles. The summed E-state index contributed by atoms with van der Waals surface area (Å²) in [5.74, 6) is 5.14. The predicted molar refractivity (Wildman–Crippen MR) is 52.5 cm³/mol. The fourth-order valence-electron chi connectivity index (χ4n) is 0.843. The molecule has 0 aromatic heterocycles. The van der Waals surface area contributed by atoms with Crippen molar-refractivity contribution >= 4 is 34.8 Å². The Morgan fingerprint density at radius 1 is 1.17 bits per heavy atom. The maximum Gasteiger partial charge on any atom is 0.0481 e. The first-order valence-corrected chi connectivity index (χ1v) is 4.35. The van der Waals surface area contributed by atoms with Gasteiger partial charge in [0.25, 0.3) is 0 Å². The van der Waals surface area contributed by atoms with Crippen LogP contribution in [0.3, 0.4) is 0 Å². The van der Waals surface area contributed by atoms with Gasteiger partial charge in [0.15, 0.2) is 0 Å². The number of nitrogens with one attached hydrogen (secondary N) is 1. The average molecular weight is 226 g/mol. The lowest BCUT2D eigenvalue weighted by molar-refractivity contribution is 0.742. The minimum absolute atomic E-state index is 0.425. The second-order valence-corrected chi connectivity index (χ2v) is 3.48. The van der Waals surface area contributed by atoms with Gasteiger partial charge >= 0.3 is 0 Å². The van der Waals surface area contributed by atoms with Crippen LogP contribution in [0.1, 0.15) is 5.56 Å². The van der Waals surface area contributed by atoms with E-state index in [4.69, 9.17) is 40.6 Å². The summed E-state index contributed by atoms with van der Waals surface area (Å²) >= 11 is 17.4. The van der Waals surface area contributed by atoms with Crippen LogP contribution in [0.15, 0.2) is 12.1 Å². The molecule has 0 spiro atoms. The monoisotopic (exact) mass is 224 g/mol. The van der Waals surface area contributed by atoms with E-state index in [1.54, 1.807) is 12.1 Å². The summed E-state index contributed by atoms with van der Waals surface area (Å²) < 4.78 is 0. The molecule has 0 aliphatic rings. The molecule has 0 radical (unpaired) electrons. The number of rotatable bonds is 2. The van der Waals surface area contributed by atoms with E-state index in [1.165, 1.54) is 0 Å². The van der Waals surface area contributed by atoms with Crippen molar-refractivity contribution in [3.8, 4) is 0 Å². The Hall–Kier alpha value is 0.01000. The highest BCUT2D eigenvalue weighted by molar-refractivity contribution is 6.39. The van der Waals surface area contributed by atoms with Crippen LogP contribution in [0.4, 0.5) is 0 Å². The van der Waals surface area contributed by atoms with Crippen molar-refractivity contribution in [2.75, 3.05) is 0 Å². The van der Waals surface area contributed by atoms with Gasteiger partial charge in [-0.05, 0) is 12.1 Å². The molecule has 1 aromatic rings. The summed E-state index contributed by atoms with van der Waals surface area (Å²) in [6, 6.07) is 3.25. The van der Waals surface area contributed by atoms with Crippen molar-refractivity contribution in [1.82, 2.24) is 5.43 Å². The molecule has 1 aromatic carbocycles. The third-order valence-electron chi connectivity index (χ3n) is 1.38. The molecule has 0 saturated heterocycles. The van der Waals surface area contributed by atoms with Crippen LogP contribution in [0, 0.1) is 0 Å². The Labute approximate surface area is 85.6 Å². The highest BCUT2D eigenvalue weighted by Crippen LogP contribution is 2.28. The van der Waals surface area contributed by atoms with Gasteiger partial charge in [-0.25, -0.2) is 0 Å². The fourth-order valence-corrected chi connectivity index (χ4v) is 1.79. The Kier molecular flexibility index (Phi) is 3.62. The van der Waals surface area contributed by atoms with Crippen molar-refractivity contribution in [1.29, 1.82) is 0 Å². The number of hydrogen-bond donors (Lipinski definition) is 2. The Morgan fingerprint density at radius 3 is 2.08 bits per heavy atom. The van der Waals surface area contributed by atoms with E-state index >= 15 is 0 Å². The smallest absolute Gasteiger partial charge is 0.0481 e. The Morgan fingerprint density at radius 2 is 1.67 bits per heavy atom. The van der Waals surface area contributed by atoms with Crippen molar-refractivity contribution in [3.05, 3.63) is 32.8 Å². The topological polar surface area (TPSA) is 38.0 Å². The second kappa shape index (κ2) is 4.30. The van der Waals surface area contributed by atoms with Crippen LogP contribution in [0.5, 0.6) is 0 Å². The van der Waals surface area contributed by atoms with E-state index in [1.807, 2.05) is 0 Å². The molecule has 66 valence electrons. The van der Waals surface area contributed by atoms with Gasteiger partial charge < -0.3 is 0 Å². The standard InChI is InChI=1S/C7H7Cl3N2/c8-4-1-6(9)5(3-12-11)7(10)2-4/h1-2,12H,3,11H2. The van der Waals surface area contributed by atoms with Crippen LogP contribution in [-0.4, -0.2) is 0 Å². The Balaban J connectivity index is 3.10. The molecule has 0 aliphatic carbocycles. The number of halogens is 3. The zero-order valence-electron chi connectivity index (χ0n) is 6.07. The molecule has 0 fully saturated rings. The molecule has 3 N–H and O–H groups in total. The summed E-state index contributed by atoms with van der Waals surface area (Å²) in [5.41, 5.74) is 3.23. The molecule has 0 saturated carbocycles. The van der Waals surface area contributed by atoms with E-state index < -0.39 is 0 Å². The van der Waals surface area contributed by atoms with Crippen molar-refractivity contribution in [2.24, 2.45) is 5.84 Å². The third kappa shape index (κ3) is 2.25. The maximum absolute atomic E-state index is 5.85. The van der Waals surface area contributed by atoms with E-state index in [2.05, 4.69) is 5.43 Å². The van der Waals surface area contributed by atoms with Gasteiger partial charge in [0.1, 0.15) is 0 Å². The molecule has 0 heterocycles. The van der Waals surface area contributed by atoms with Gasteiger partial charge in [-0.2, -0.15) is 0 Å². The van der Waals surface area contributed by atoms with Gasteiger partial charge in [-0.3, -0.25) is 11.3 Å². The number of hydrazine groups is 1. The average Bonchev–Trinajstić information content (AvgIpc) is 1.96. The number of hydrogen-bond acceptors (Lipinski definition) is 2. The van der Waals surface area contributed by atoms with Gasteiger partial charge in [0, 0.05) is 27.2 Å². The highest BCUT2D eigenvalue weighted by atomic mass is 35.5. The highest BCUT2D eigenvalue weighted by Gasteiger charge is 2.05. The van der Waals surface area contributed by atoms with Gasteiger partial charge in [0.05, 0.1) is 0 Å². The van der Waals surface area contributed by atoms with Crippen LogP contribution in [0.2, 0.25) is 15.1 Å². The summed E-state index contributed by atoms with van der Waals surface area (Å²) in [4.78, 5) is 0. The molecule has 0 unspecified atom stereocenters. The number of nitrogens with two attached hydrogens (primary N) is 1. The first kappa shape index (κ1) is 10.1. The van der Waals surface area contributed by atoms with Gasteiger partial charge in [-0.1, -0.05) is 34.8 Å². The minimum atomic E-state index is 0.425. The van der Waals surface area contributed by atoms with Gasteiger partial charge in [0.2, 0.25) is 0 Å². The summed E-state index contributed by atoms with van der Waals surface area (Å²) in [7, 11) is 0. The van der Waals surface area contributed by atoms with Crippen molar-refractivity contribution < 1.29 is 0 Å². The molecule has 0 atom stereocenters.